The topological polar surface area (TPSA) is 107 Å². The van der Waals surface area contributed by atoms with E-state index in [1.165, 1.54) is 18.8 Å². The van der Waals surface area contributed by atoms with Gasteiger partial charge < -0.3 is 14.5 Å². The summed E-state index contributed by atoms with van der Waals surface area (Å²) in [6.45, 7) is 0.384. The summed E-state index contributed by atoms with van der Waals surface area (Å²) in [6, 6.07) is 8.95. The SMILES string of the molecule is COc1cc2nc(NN)n(CCc3c[nH]c4ccc(Cl)cc34)c(=O)c2cc1OC. The molecule has 0 atom stereocenters. The molecule has 4 rings (SSSR count). The lowest BCUT2D eigenvalue weighted by Crippen LogP contribution is -2.28. The van der Waals surface area contributed by atoms with Crippen molar-refractivity contribution in [2.75, 3.05) is 19.6 Å². The van der Waals surface area contributed by atoms with E-state index in [0.717, 1.165) is 16.5 Å². The molecular weight excluding hydrogens is 394 g/mol. The van der Waals surface area contributed by atoms with Crippen LogP contribution in [0.1, 0.15) is 5.56 Å². The molecular formula is C20H20ClN5O3. The number of nitrogens with zero attached hydrogens (tertiary/aromatic N) is 2. The van der Waals surface area contributed by atoms with Crippen LogP contribution < -0.4 is 26.3 Å². The Morgan fingerprint density at radius 3 is 2.66 bits per heavy atom. The average molecular weight is 414 g/mol. The summed E-state index contributed by atoms with van der Waals surface area (Å²) < 4.78 is 12.1. The first-order valence-electron chi connectivity index (χ1n) is 8.94. The standard InChI is InChI=1S/C20H20ClN5O3/c1-28-17-8-14-16(9-18(17)29-2)24-20(25-22)26(19(14)27)6-5-11-10-23-15-4-3-12(21)7-13(11)15/h3-4,7-10,23H,5-6,22H2,1-2H3,(H,24,25). The lowest BCUT2D eigenvalue weighted by Gasteiger charge is -2.14. The Labute approximate surface area is 171 Å². The molecule has 0 radical (unpaired) electrons. The number of aromatic amines is 1. The maximum atomic E-state index is 13.2. The van der Waals surface area contributed by atoms with Gasteiger partial charge in [-0.25, -0.2) is 10.8 Å². The maximum Gasteiger partial charge on any atom is 0.262 e. The van der Waals surface area contributed by atoms with Gasteiger partial charge in [-0.3, -0.25) is 14.8 Å². The highest BCUT2D eigenvalue weighted by Gasteiger charge is 2.15. The van der Waals surface area contributed by atoms with Gasteiger partial charge in [-0.05, 0) is 36.2 Å². The highest BCUT2D eigenvalue weighted by Crippen LogP contribution is 2.30. The molecule has 0 saturated carbocycles. The quantitative estimate of drug-likeness (QED) is 0.331. The van der Waals surface area contributed by atoms with Crippen LogP contribution in [0.4, 0.5) is 5.95 Å². The Morgan fingerprint density at radius 1 is 1.17 bits per heavy atom. The molecule has 0 spiro atoms. The molecule has 2 heterocycles. The highest BCUT2D eigenvalue weighted by molar-refractivity contribution is 6.31. The Morgan fingerprint density at radius 2 is 1.93 bits per heavy atom. The zero-order valence-corrected chi connectivity index (χ0v) is 16.7. The van der Waals surface area contributed by atoms with Crippen molar-refractivity contribution >= 4 is 39.4 Å². The number of nitrogen functional groups attached to an aromatic ring is 1. The largest absolute Gasteiger partial charge is 0.493 e. The number of halogens is 1. The third-order valence-corrected chi connectivity index (χ3v) is 5.16. The van der Waals surface area contributed by atoms with E-state index >= 15 is 0 Å². The van der Waals surface area contributed by atoms with Crippen LogP contribution >= 0.6 is 11.6 Å². The number of benzene rings is 2. The second-order valence-corrected chi connectivity index (χ2v) is 6.95. The van der Waals surface area contributed by atoms with E-state index in [1.807, 2.05) is 24.4 Å². The number of ether oxygens (including phenoxy) is 2. The summed E-state index contributed by atoms with van der Waals surface area (Å²) in [5.74, 6) is 6.87. The molecule has 0 unspecified atom stereocenters. The maximum absolute atomic E-state index is 13.2. The van der Waals surface area contributed by atoms with Crippen LogP contribution in [-0.2, 0) is 13.0 Å². The van der Waals surface area contributed by atoms with Crippen LogP contribution in [-0.4, -0.2) is 28.8 Å². The smallest absolute Gasteiger partial charge is 0.262 e. The van der Waals surface area contributed by atoms with E-state index in [4.69, 9.17) is 26.9 Å². The van der Waals surface area contributed by atoms with Crippen molar-refractivity contribution in [2.24, 2.45) is 5.84 Å². The first-order chi connectivity index (χ1) is 14.0. The van der Waals surface area contributed by atoms with E-state index in [-0.39, 0.29) is 11.5 Å². The normalized spacial score (nSPS) is 11.2. The predicted molar refractivity (Wildman–Crippen MR) is 114 cm³/mol. The van der Waals surface area contributed by atoms with Crippen molar-refractivity contribution in [1.29, 1.82) is 0 Å². The summed E-state index contributed by atoms with van der Waals surface area (Å²) in [6.07, 6.45) is 2.51. The van der Waals surface area contributed by atoms with Crippen molar-refractivity contribution in [2.45, 2.75) is 13.0 Å². The molecule has 4 N–H and O–H groups in total. The van der Waals surface area contributed by atoms with Crippen molar-refractivity contribution in [3.63, 3.8) is 0 Å². The van der Waals surface area contributed by atoms with Gasteiger partial charge in [0.15, 0.2) is 11.5 Å². The molecule has 0 saturated heterocycles. The number of hydrazine groups is 1. The van der Waals surface area contributed by atoms with Crippen molar-refractivity contribution in [3.8, 4) is 11.5 Å². The van der Waals surface area contributed by atoms with Crippen LogP contribution in [0.3, 0.4) is 0 Å². The van der Waals surface area contributed by atoms with Gasteiger partial charge in [0.25, 0.3) is 5.56 Å². The molecule has 0 bridgehead atoms. The van der Waals surface area contributed by atoms with E-state index < -0.39 is 0 Å². The van der Waals surface area contributed by atoms with Crippen molar-refractivity contribution in [3.05, 3.63) is 57.5 Å². The van der Waals surface area contributed by atoms with E-state index in [1.54, 1.807) is 12.1 Å². The lowest BCUT2D eigenvalue weighted by atomic mass is 10.1. The van der Waals surface area contributed by atoms with Crippen LogP contribution in [0, 0.1) is 0 Å². The Kier molecular flexibility index (Phi) is 5.04. The fourth-order valence-corrected chi connectivity index (χ4v) is 3.63. The number of hydrogen-bond donors (Lipinski definition) is 3. The Balaban J connectivity index is 1.77. The van der Waals surface area contributed by atoms with Crippen LogP contribution in [0.2, 0.25) is 5.02 Å². The fraction of sp³-hybridized carbons (Fsp3) is 0.200. The molecule has 2 aromatic carbocycles. The number of methoxy groups -OCH3 is 2. The minimum absolute atomic E-state index is 0.221. The fourth-order valence-electron chi connectivity index (χ4n) is 3.46. The van der Waals surface area contributed by atoms with Gasteiger partial charge in [0.05, 0.1) is 25.1 Å². The van der Waals surface area contributed by atoms with Gasteiger partial charge in [0, 0.05) is 34.7 Å². The molecule has 0 aliphatic heterocycles. The van der Waals surface area contributed by atoms with Crippen LogP contribution in [0.25, 0.3) is 21.8 Å². The van der Waals surface area contributed by atoms with E-state index in [2.05, 4.69) is 15.4 Å². The van der Waals surface area contributed by atoms with Crippen molar-refractivity contribution in [1.82, 2.24) is 14.5 Å². The monoisotopic (exact) mass is 413 g/mol. The van der Waals surface area contributed by atoms with Gasteiger partial charge >= 0.3 is 0 Å². The van der Waals surface area contributed by atoms with Gasteiger partial charge in [-0.2, -0.15) is 0 Å². The molecule has 0 fully saturated rings. The summed E-state index contributed by atoms with van der Waals surface area (Å²) in [5, 5.41) is 2.10. The van der Waals surface area contributed by atoms with E-state index in [0.29, 0.717) is 40.4 Å². The Hall–Kier alpha value is -3.23. The minimum atomic E-state index is -0.221. The summed E-state index contributed by atoms with van der Waals surface area (Å²) in [5.41, 5.74) is 4.80. The van der Waals surface area contributed by atoms with Crippen LogP contribution in [0.15, 0.2) is 41.3 Å². The molecule has 2 aromatic heterocycles. The average Bonchev–Trinajstić information content (AvgIpc) is 3.13. The number of nitrogens with one attached hydrogen (secondary N) is 2. The van der Waals surface area contributed by atoms with Gasteiger partial charge in [0.1, 0.15) is 0 Å². The number of hydrogen-bond acceptors (Lipinski definition) is 6. The molecule has 9 heteroatoms. The minimum Gasteiger partial charge on any atom is -0.493 e. The summed E-state index contributed by atoms with van der Waals surface area (Å²) in [7, 11) is 3.05. The Bertz CT molecular complexity index is 1260. The first-order valence-corrected chi connectivity index (χ1v) is 9.32. The molecule has 0 aliphatic rings. The molecule has 29 heavy (non-hydrogen) atoms. The second-order valence-electron chi connectivity index (χ2n) is 6.51. The zero-order valence-electron chi connectivity index (χ0n) is 16.0. The molecule has 0 amide bonds. The van der Waals surface area contributed by atoms with E-state index in [9.17, 15) is 4.79 Å². The predicted octanol–water partition coefficient (Wildman–Crippen LogP) is 3.08. The number of aromatic nitrogens is 3. The number of nitrogens with two attached hydrogens (primary N) is 1. The molecule has 4 aromatic rings. The molecule has 8 nitrogen and oxygen atoms in total. The molecule has 0 aliphatic carbocycles. The number of H-pyrrole nitrogens is 1. The highest BCUT2D eigenvalue weighted by atomic mass is 35.5. The van der Waals surface area contributed by atoms with Crippen LogP contribution in [0.5, 0.6) is 11.5 Å². The summed E-state index contributed by atoms with van der Waals surface area (Å²) in [4.78, 5) is 20.9. The number of anilines is 1. The summed E-state index contributed by atoms with van der Waals surface area (Å²) >= 11 is 6.13. The van der Waals surface area contributed by atoms with Gasteiger partial charge in [0.2, 0.25) is 5.95 Å². The van der Waals surface area contributed by atoms with Crippen molar-refractivity contribution < 1.29 is 9.47 Å². The number of fused-ring (bicyclic) bond motifs is 2. The number of rotatable bonds is 6. The second kappa shape index (κ2) is 7.65. The third-order valence-electron chi connectivity index (χ3n) is 4.92. The third kappa shape index (κ3) is 3.37. The first kappa shape index (κ1) is 19.1. The van der Waals surface area contributed by atoms with Gasteiger partial charge in [-0.15, -0.1) is 0 Å². The zero-order chi connectivity index (χ0) is 20.5. The lowest BCUT2D eigenvalue weighted by molar-refractivity contribution is 0.355. The number of aryl methyl sites for hydroxylation is 1. The molecule has 150 valence electrons. The van der Waals surface area contributed by atoms with Gasteiger partial charge in [-0.1, -0.05) is 11.6 Å².